The van der Waals surface area contributed by atoms with Crippen molar-refractivity contribution in [3.63, 3.8) is 0 Å². The molecule has 0 saturated heterocycles. The van der Waals surface area contributed by atoms with E-state index in [4.69, 9.17) is 9.97 Å². The Bertz CT molecular complexity index is 2100. The van der Waals surface area contributed by atoms with Crippen molar-refractivity contribution in [3.8, 4) is 28.3 Å². The van der Waals surface area contributed by atoms with E-state index >= 15 is 0 Å². The molecule has 0 fully saturated rings. The molecule has 0 bridgehead atoms. The zero-order valence-corrected chi connectivity index (χ0v) is 26.8. The molecule has 0 radical (unpaired) electrons. The summed E-state index contributed by atoms with van der Waals surface area (Å²) in [4.78, 5) is 12.1. The summed E-state index contributed by atoms with van der Waals surface area (Å²) in [5, 5.41) is 2.32. The highest BCUT2D eigenvalue weighted by Crippen LogP contribution is 2.39. The van der Waals surface area contributed by atoms with Gasteiger partial charge in [0.2, 0.25) is 0 Å². The van der Waals surface area contributed by atoms with Crippen LogP contribution >= 0.6 is 0 Å². The standard InChI is InChI=1S/C42H38N4/c1-29(2)38-21-12-22-39(30(3)4)41(38)45-24-23-43-42(45)33-16-11-20-37(26-33)46(35-17-6-5-7-18-35)36-19-10-15-32(25-36)40-27-31-13-8-9-14-34(31)28-44-40/h5-30H,1-4H3. The molecule has 0 amide bonds. The minimum Gasteiger partial charge on any atom is -0.310 e. The van der Waals surface area contributed by atoms with E-state index in [0.717, 1.165) is 45.1 Å². The van der Waals surface area contributed by atoms with Crippen LogP contribution in [0.15, 0.2) is 146 Å². The normalized spacial score (nSPS) is 11.4. The van der Waals surface area contributed by atoms with E-state index in [1.165, 1.54) is 22.2 Å². The van der Waals surface area contributed by atoms with Crippen LogP contribution in [0, 0.1) is 0 Å². The number of hydrogen-bond donors (Lipinski definition) is 0. The predicted molar refractivity (Wildman–Crippen MR) is 193 cm³/mol. The largest absolute Gasteiger partial charge is 0.310 e. The minimum absolute atomic E-state index is 0.383. The molecule has 5 aromatic carbocycles. The summed E-state index contributed by atoms with van der Waals surface area (Å²) in [6, 6.07) is 45.1. The van der Waals surface area contributed by atoms with E-state index < -0.39 is 0 Å². The molecule has 0 atom stereocenters. The Hall–Kier alpha value is -5.48. The maximum absolute atomic E-state index is 4.92. The molecule has 0 aliphatic heterocycles. The van der Waals surface area contributed by atoms with Crippen molar-refractivity contribution < 1.29 is 0 Å². The number of rotatable bonds is 8. The SMILES string of the molecule is CC(C)c1cccc(C(C)C)c1-n1ccnc1-c1cccc(N(c2ccccc2)c2cccc(-c3cc4ccccc4cn3)c2)c1. The van der Waals surface area contributed by atoms with E-state index in [-0.39, 0.29) is 0 Å². The Morgan fingerprint density at radius 1 is 0.543 bits per heavy atom. The molecule has 4 nitrogen and oxygen atoms in total. The number of para-hydroxylation sites is 2. The average Bonchev–Trinajstić information content (AvgIpc) is 3.58. The number of imidazole rings is 1. The van der Waals surface area contributed by atoms with Crippen molar-refractivity contribution in [2.24, 2.45) is 0 Å². The molecule has 0 N–H and O–H groups in total. The Kier molecular flexibility index (Phi) is 7.94. The molecule has 0 saturated carbocycles. The van der Waals surface area contributed by atoms with Crippen molar-refractivity contribution in [2.75, 3.05) is 4.90 Å². The summed E-state index contributed by atoms with van der Waals surface area (Å²) in [6.45, 7) is 9.05. The Morgan fingerprint density at radius 3 is 1.83 bits per heavy atom. The third-order valence-electron chi connectivity index (χ3n) is 8.63. The maximum atomic E-state index is 4.92. The van der Waals surface area contributed by atoms with Gasteiger partial charge in [0.05, 0.1) is 11.4 Å². The second-order valence-electron chi connectivity index (χ2n) is 12.4. The highest BCUT2D eigenvalue weighted by molar-refractivity contribution is 5.86. The van der Waals surface area contributed by atoms with E-state index in [1.54, 1.807) is 0 Å². The Morgan fingerprint density at radius 2 is 1.13 bits per heavy atom. The van der Waals surface area contributed by atoms with Crippen LogP contribution in [0.5, 0.6) is 0 Å². The quantitative estimate of drug-likeness (QED) is 0.174. The monoisotopic (exact) mass is 598 g/mol. The molecule has 7 aromatic rings. The van der Waals surface area contributed by atoms with Crippen LogP contribution in [-0.2, 0) is 0 Å². The molecule has 2 heterocycles. The van der Waals surface area contributed by atoms with Crippen molar-refractivity contribution in [1.82, 2.24) is 14.5 Å². The molecular formula is C42H38N4. The van der Waals surface area contributed by atoms with Gasteiger partial charge in [0.1, 0.15) is 5.82 Å². The molecule has 7 rings (SSSR count). The van der Waals surface area contributed by atoms with Gasteiger partial charge < -0.3 is 4.90 Å². The highest BCUT2D eigenvalue weighted by Gasteiger charge is 2.20. The average molecular weight is 599 g/mol. The van der Waals surface area contributed by atoms with Crippen LogP contribution in [-0.4, -0.2) is 14.5 Å². The second kappa shape index (κ2) is 12.5. The van der Waals surface area contributed by atoms with Crippen LogP contribution < -0.4 is 4.90 Å². The first kappa shape index (κ1) is 29.2. The van der Waals surface area contributed by atoms with E-state index in [9.17, 15) is 0 Å². The van der Waals surface area contributed by atoms with Crippen molar-refractivity contribution >= 4 is 27.8 Å². The van der Waals surface area contributed by atoms with E-state index in [2.05, 4.69) is 171 Å². The van der Waals surface area contributed by atoms with Crippen LogP contribution in [0.25, 0.3) is 39.1 Å². The molecular weight excluding hydrogens is 560 g/mol. The summed E-state index contributed by atoms with van der Waals surface area (Å²) >= 11 is 0. The smallest absolute Gasteiger partial charge is 0.144 e. The van der Waals surface area contributed by atoms with Crippen LogP contribution in [0.4, 0.5) is 17.1 Å². The summed E-state index contributed by atoms with van der Waals surface area (Å²) in [5.74, 6) is 1.69. The van der Waals surface area contributed by atoms with Crippen molar-refractivity contribution in [3.05, 3.63) is 157 Å². The van der Waals surface area contributed by atoms with Gasteiger partial charge in [0.25, 0.3) is 0 Å². The van der Waals surface area contributed by atoms with Crippen molar-refractivity contribution in [2.45, 2.75) is 39.5 Å². The van der Waals surface area contributed by atoms with Crippen LogP contribution in [0.1, 0.15) is 50.7 Å². The van der Waals surface area contributed by atoms with Gasteiger partial charge in [-0.25, -0.2) is 4.98 Å². The number of fused-ring (bicyclic) bond motifs is 1. The first-order chi connectivity index (χ1) is 22.5. The molecule has 4 heteroatoms. The summed E-state index contributed by atoms with van der Waals surface area (Å²) in [5.41, 5.74) is 10.2. The van der Waals surface area contributed by atoms with E-state index in [0.29, 0.717) is 11.8 Å². The van der Waals surface area contributed by atoms with Gasteiger partial charge in [-0.15, -0.1) is 0 Å². The molecule has 226 valence electrons. The minimum atomic E-state index is 0.383. The number of benzene rings is 5. The van der Waals surface area contributed by atoms with Gasteiger partial charge in [-0.3, -0.25) is 9.55 Å². The first-order valence-corrected chi connectivity index (χ1v) is 16.1. The number of hydrogen-bond acceptors (Lipinski definition) is 3. The molecule has 0 aliphatic carbocycles. The first-order valence-electron chi connectivity index (χ1n) is 16.1. The van der Waals surface area contributed by atoms with Gasteiger partial charge >= 0.3 is 0 Å². The number of nitrogens with zero attached hydrogens (tertiary/aromatic N) is 4. The summed E-state index contributed by atoms with van der Waals surface area (Å²) in [6.07, 6.45) is 5.97. The lowest BCUT2D eigenvalue weighted by atomic mass is 9.92. The maximum Gasteiger partial charge on any atom is 0.144 e. The van der Waals surface area contributed by atoms with E-state index in [1.807, 2.05) is 12.4 Å². The topological polar surface area (TPSA) is 34.0 Å². The molecule has 2 aromatic heterocycles. The van der Waals surface area contributed by atoms with Gasteiger partial charge in [0.15, 0.2) is 0 Å². The molecule has 46 heavy (non-hydrogen) atoms. The number of aromatic nitrogens is 3. The Labute approximate surface area is 271 Å². The van der Waals surface area contributed by atoms with Gasteiger partial charge in [0, 0.05) is 52.2 Å². The fourth-order valence-corrected chi connectivity index (χ4v) is 6.34. The molecule has 0 aliphatic rings. The lowest BCUT2D eigenvalue weighted by Crippen LogP contribution is -2.11. The fraction of sp³-hybridized carbons (Fsp3) is 0.143. The van der Waals surface area contributed by atoms with Gasteiger partial charge in [-0.2, -0.15) is 0 Å². The fourth-order valence-electron chi connectivity index (χ4n) is 6.34. The number of anilines is 3. The van der Waals surface area contributed by atoms with Gasteiger partial charge in [-0.1, -0.05) is 113 Å². The third-order valence-corrected chi connectivity index (χ3v) is 8.63. The second-order valence-corrected chi connectivity index (χ2v) is 12.4. The lowest BCUT2D eigenvalue weighted by molar-refractivity contribution is 0.807. The van der Waals surface area contributed by atoms with Crippen molar-refractivity contribution in [1.29, 1.82) is 0 Å². The number of pyridine rings is 1. The molecule has 0 spiro atoms. The van der Waals surface area contributed by atoms with Crippen LogP contribution in [0.3, 0.4) is 0 Å². The highest BCUT2D eigenvalue weighted by atomic mass is 15.1. The summed E-state index contributed by atoms with van der Waals surface area (Å²) in [7, 11) is 0. The molecule has 0 unspecified atom stereocenters. The van der Waals surface area contributed by atoms with Crippen LogP contribution in [0.2, 0.25) is 0 Å². The van der Waals surface area contributed by atoms with Gasteiger partial charge in [-0.05, 0) is 70.8 Å². The predicted octanol–water partition coefficient (Wildman–Crippen LogP) is 11.5. The lowest BCUT2D eigenvalue weighted by Gasteiger charge is -2.26. The zero-order chi connectivity index (χ0) is 31.6. The zero-order valence-electron chi connectivity index (χ0n) is 26.8. The third kappa shape index (κ3) is 5.59. The Balaban J connectivity index is 1.35. The summed E-state index contributed by atoms with van der Waals surface area (Å²) < 4.78 is 2.28.